The summed E-state index contributed by atoms with van der Waals surface area (Å²) in [5.41, 5.74) is 3.59. The minimum absolute atomic E-state index is 0.0667. The highest BCUT2D eigenvalue weighted by Crippen LogP contribution is 2.29. The largest absolute Gasteiger partial charge is 0.490 e. The fourth-order valence-corrected chi connectivity index (χ4v) is 2.48. The summed E-state index contributed by atoms with van der Waals surface area (Å²) in [6, 6.07) is 11.4. The lowest BCUT2D eigenvalue weighted by Crippen LogP contribution is -2.35. The van der Waals surface area contributed by atoms with Gasteiger partial charge in [0.15, 0.2) is 17.6 Å². The Morgan fingerprint density at radius 2 is 2.00 bits per heavy atom. The van der Waals surface area contributed by atoms with Crippen LogP contribution in [-0.2, 0) is 4.79 Å². The number of likely N-dealkylation sites (N-methyl/N-ethyl adjacent to an activating group) is 1. The molecule has 0 bridgehead atoms. The van der Waals surface area contributed by atoms with Crippen LogP contribution in [0.1, 0.15) is 19.4 Å². The predicted molar refractivity (Wildman–Crippen MR) is 111 cm³/mol. The molecular formula is C20H24N4O5. The number of hydrogen-bond acceptors (Lipinski definition) is 7. The Balaban J connectivity index is 2.16. The topological polar surface area (TPSA) is 106 Å². The molecule has 9 nitrogen and oxygen atoms in total. The number of hydrogen-bond donors (Lipinski definition) is 1. The quantitative estimate of drug-likeness (QED) is 0.393. The van der Waals surface area contributed by atoms with Gasteiger partial charge in [0.2, 0.25) is 0 Å². The van der Waals surface area contributed by atoms with E-state index in [4.69, 9.17) is 9.47 Å². The molecule has 0 aliphatic carbocycles. The molecule has 0 aliphatic heterocycles. The van der Waals surface area contributed by atoms with Gasteiger partial charge in [-0.1, -0.05) is 12.1 Å². The lowest BCUT2D eigenvalue weighted by molar-refractivity contribution is -0.384. The molecule has 0 spiro atoms. The molecule has 2 aromatic rings. The number of para-hydroxylation sites is 2. The number of carbonyl (C=O) groups is 1. The molecule has 29 heavy (non-hydrogen) atoms. The summed E-state index contributed by atoms with van der Waals surface area (Å²) in [5, 5.41) is 15.1. The normalized spacial score (nSPS) is 11.7. The Bertz CT molecular complexity index is 898. The fourth-order valence-electron chi connectivity index (χ4n) is 2.48. The van der Waals surface area contributed by atoms with Crippen LogP contribution in [-0.4, -0.2) is 48.8 Å². The SMILES string of the molecule is CCOc1cc(/C=N\Nc2ccccc2[N+](=O)[O-])ccc1O[C@@H](C)C(=O)N(C)C. The number of nitrogens with zero attached hydrogens (tertiary/aromatic N) is 3. The van der Waals surface area contributed by atoms with Crippen molar-refractivity contribution in [3.05, 3.63) is 58.1 Å². The first-order chi connectivity index (χ1) is 13.8. The molecule has 1 atom stereocenters. The molecule has 0 heterocycles. The monoisotopic (exact) mass is 400 g/mol. The fraction of sp³-hybridized carbons (Fsp3) is 0.300. The van der Waals surface area contributed by atoms with Crippen molar-refractivity contribution in [1.29, 1.82) is 0 Å². The van der Waals surface area contributed by atoms with Crippen LogP contribution >= 0.6 is 0 Å². The summed E-state index contributed by atoms with van der Waals surface area (Å²) >= 11 is 0. The van der Waals surface area contributed by atoms with Crippen molar-refractivity contribution in [3.8, 4) is 11.5 Å². The summed E-state index contributed by atoms with van der Waals surface area (Å²) in [4.78, 5) is 24.0. The van der Waals surface area contributed by atoms with E-state index in [0.717, 1.165) is 0 Å². The molecule has 1 N–H and O–H groups in total. The lowest BCUT2D eigenvalue weighted by Gasteiger charge is -2.20. The molecule has 0 fully saturated rings. The molecule has 0 aromatic heterocycles. The van der Waals surface area contributed by atoms with Crippen LogP contribution in [0, 0.1) is 10.1 Å². The zero-order valence-corrected chi connectivity index (χ0v) is 16.8. The molecule has 9 heteroatoms. The summed E-state index contributed by atoms with van der Waals surface area (Å²) in [6.07, 6.45) is 0.848. The minimum atomic E-state index is -0.663. The molecule has 2 aromatic carbocycles. The maximum atomic E-state index is 12.0. The van der Waals surface area contributed by atoms with E-state index in [1.54, 1.807) is 57.4 Å². The molecule has 1 amide bonds. The van der Waals surface area contributed by atoms with Crippen LogP contribution in [0.4, 0.5) is 11.4 Å². The molecule has 154 valence electrons. The number of nitro benzene ring substituents is 1. The zero-order valence-electron chi connectivity index (χ0n) is 16.8. The third-order valence-electron chi connectivity index (χ3n) is 3.86. The predicted octanol–water partition coefficient (Wildman–Crippen LogP) is 3.30. The van der Waals surface area contributed by atoms with E-state index in [0.29, 0.717) is 23.7 Å². The van der Waals surface area contributed by atoms with E-state index < -0.39 is 11.0 Å². The van der Waals surface area contributed by atoms with Crippen LogP contribution in [0.15, 0.2) is 47.6 Å². The lowest BCUT2D eigenvalue weighted by atomic mass is 10.2. The van der Waals surface area contributed by atoms with Gasteiger partial charge in [0.25, 0.3) is 11.6 Å². The van der Waals surface area contributed by atoms with Gasteiger partial charge in [-0.05, 0) is 43.7 Å². The van der Waals surface area contributed by atoms with E-state index in [1.807, 2.05) is 6.92 Å². The van der Waals surface area contributed by atoms with Crippen LogP contribution in [0.2, 0.25) is 0 Å². The van der Waals surface area contributed by atoms with Gasteiger partial charge in [-0.25, -0.2) is 0 Å². The molecule has 0 unspecified atom stereocenters. The highest BCUT2D eigenvalue weighted by molar-refractivity contribution is 5.82. The van der Waals surface area contributed by atoms with E-state index >= 15 is 0 Å². The van der Waals surface area contributed by atoms with Crippen LogP contribution in [0.5, 0.6) is 11.5 Å². The van der Waals surface area contributed by atoms with Crippen LogP contribution in [0.25, 0.3) is 0 Å². The molecule has 0 saturated carbocycles. The number of carbonyl (C=O) groups excluding carboxylic acids is 1. The number of rotatable bonds is 9. The smallest absolute Gasteiger partial charge is 0.294 e. The Hall–Kier alpha value is -3.62. The Morgan fingerprint density at radius 1 is 1.28 bits per heavy atom. The highest BCUT2D eigenvalue weighted by Gasteiger charge is 2.18. The molecule has 0 aliphatic rings. The Labute approximate surface area is 169 Å². The molecule has 0 saturated heterocycles. The maximum Gasteiger partial charge on any atom is 0.294 e. The second-order valence-electron chi connectivity index (χ2n) is 6.28. The Morgan fingerprint density at radius 3 is 2.66 bits per heavy atom. The van der Waals surface area contributed by atoms with Gasteiger partial charge in [-0.2, -0.15) is 5.10 Å². The van der Waals surface area contributed by atoms with Crippen molar-refractivity contribution in [2.45, 2.75) is 20.0 Å². The standard InChI is InChI=1S/C20H24N4O5/c1-5-28-19-12-15(10-11-18(19)29-14(2)20(25)23(3)4)13-21-22-16-8-6-7-9-17(16)24(26)27/h6-14,22H,5H2,1-4H3/b21-13-/t14-/m0/s1. The summed E-state index contributed by atoms with van der Waals surface area (Å²) < 4.78 is 11.4. The van der Waals surface area contributed by atoms with Gasteiger partial charge < -0.3 is 14.4 Å². The number of amides is 1. The van der Waals surface area contributed by atoms with Crippen molar-refractivity contribution in [3.63, 3.8) is 0 Å². The average Bonchev–Trinajstić information content (AvgIpc) is 2.69. The van der Waals surface area contributed by atoms with E-state index in [9.17, 15) is 14.9 Å². The highest BCUT2D eigenvalue weighted by atomic mass is 16.6. The third-order valence-corrected chi connectivity index (χ3v) is 3.86. The number of hydrazone groups is 1. The van der Waals surface area contributed by atoms with Gasteiger partial charge in [0.05, 0.1) is 17.7 Å². The van der Waals surface area contributed by atoms with Crippen LogP contribution < -0.4 is 14.9 Å². The van der Waals surface area contributed by atoms with Crippen molar-refractivity contribution in [2.24, 2.45) is 5.10 Å². The minimum Gasteiger partial charge on any atom is -0.490 e. The molecular weight excluding hydrogens is 376 g/mol. The van der Waals surface area contributed by atoms with Crippen molar-refractivity contribution in [2.75, 3.05) is 26.1 Å². The van der Waals surface area contributed by atoms with E-state index in [-0.39, 0.29) is 17.3 Å². The second-order valence-corrected chi connectivity index (χ2v) is 6.28. The number of nitro groups is 1. The van der Waals surface area contributed by atoms with Crippen molar-refractivity contribution >= 4 is 23.5 Å². The number of anilines is 1. The summed E-state index contributed by atoms with van der Waals surface area (Å²) in [5.74, 6) is 0.755. The van der Waals surface area contributed by atoms with Crippen molar-refractivity contribution in [1.82, 2.24) is 4.90 Å². The number of nitrogens with one attached hydrogen (secondary N) is 1. The van der Waals surface area contributed by atoms with Gasteiger partial charge in [-0.3, -0.25) is 20.3 Å². The van der Waals surface area contributed by atoms with Crippen molar-refractivity contribution < 1.29 is 19.2 Å². The first-order valence-electron chi connectivity index (χ1n) is 9.00. The van der Waals surface area contributed by atoms with Crippen LogP contribution in [0.3, 0.4) is 0 Å². The summed E-state index contributed by atoms with van der Waals surface area (Å²) in [7, 11) is 3.32. The van der Waals surface area contributed by atoms with Gasteiger partial charge >= 0.3 is 0 Å². The number of benzene rings is 2. The number of ether oxygens (including phenoxy) is 2. The van der Waals surface area contributed by atoms with Gasteiger partial charge in [-0.15, -0.1) is 0 Å². The molecule has 2 rings (SSSR count). The first-order valence-corrected chi connectivity index (χ1v) is 9.00. The van der Waals surface area contributed by atoms with E-state index in [1.165, 1.54) is 17.2 Å². The third kappa shape index (κ3) is 5.93. The first kappa shape index (κ1) is 21.7. The van der Waals surface area contributed by atoms with E-state index in [2.05, 4.69) is 10.5 Å². The zero-order chi connectivity index (χ0) is 21.4. The van der Waals surface area contributed by atoms with Gasteiger partial charge in [0.1, 0.15) is 5.69 Å². The Kier molecular flexibility index (Phi) is 7.53. The maximum absolute atomic E-state index is 12.0. The average molecular weight is 400 g/mol. The molecule has 0 radical (unpaired) electrons. The summed E-state index contributed by atoms with van der Waals surface area (Å²) in [6.45, 7) is 3.93. The second kappa shape index (κ2) is 10.1. The van der Waals surface area contributed by atoms with Gasteiger partial charge in [0, 0.05) is 20.2 Å².